The molecule has 5 aliphatic heterocycles. The molecule has 57 heavy (non-hydrogen) atoms. The van der Waals surface area contributed by atoms with Crippen molar-refractivity contribution in [2.75, 3.05) is 36.4 Å². The maximum atomic E-state index is 15.5. The monoisotopic (exact) mass is 786 g/mol. The molecule has 7 heterocycles. The average Bonchev–Trinajstić information content (AvgIpc) is 3.75. The third-order valence-corrected chi connectivity index (χ3v) is 12.0. The molecule has 0 radical (unpaired) electrons. The molecule has 3 amide bonds. The molecule has 3 fully saturated rings. The van der Waals surface area contributed by atoms with Gasteiger partial charge in [-0.15, -0.1) is 10.2 Å². The number of nitrogens with one attached hydrogen (secondary N) is 2. The molecule has 13 nitrogen and oxygen atoms in total. The summed E-state index contributed by atoms with van der Waals surface area (Å²) in [5.74, 6) is -3.00. The van der Waals surface area contributed by atoms with E-state index in [1.165, 1.54) is 35.4 Å². The molecule has 0 bridgehead atoms. The number of aromatic hydroxyl groups is 1. The molecular formula is C40H38F4N8O5. The van der Waals surface area contributed by atoms with Crippen LogP contribution < -0.4 is 20.3 Å². The summed E-state index contributed by atoms with van der Waals surface area (Å²) in [5.41, 5.74) is 1.84. The maximum absolute atomic E-state index is 15.5. The molecule has 5 aliphatic rings. The molecular weight excluding hydrogens is 748 g/mol. The highest BCUT2D eigenvalue weighted by Crippen LogP contribution is 2.47. The fourth-order valence-electron chi connectivity index (χ4n) is 8.93. The molecule has 3 N–H and O–H groups in total. The number of carbonyl (C=O) groups excluding carboxylic acids is 3. The van der Waals surface area contributed by atoms with E-state index in [9.17, 15) is 32.7 Å². The number of rotatable bonds is 8. The van der Waals surface area contributed by atoms with Crippen molar-refractivity contribution in [3.05, 3.63) is 88.6 Å². The number of anilines is 2. The summed E-state index contributed by atoms with van der Waals surface area (Å²) in [6.45, 7) is 2.03. The van der Waals surface area contributed by atoms with Gasteiger partial charge in [0.1, 0.15) is 17.7 Å². The van der Waals surface area contributed by atoms with Crippen molar-refractivity contribution in [2.24, 2.45) is 0 Å². The lowest BCUT2D eigenvalue weighted by Crippen LogP contribution is -2.57. The van der Waals surface area contributed by atoms with Gasteiger partial charge < -0.3 is 25.0 Å². The Morgan fingerprint density at radius 3 is 2.58 bits per heavy atom. The molecule has 0 spiro atoms. The summed E-state index contributed by atoms with van der Waals surface area (Å²) in [7, 11) is 0. The van der Waals surface area contributed by atoms with E-state index in [0.29, 0.717) is 30.6 Å². The van der Waals surface area contributed by atoms with Crippen molar-refractivity contribution in [1.82, 2.24) is 30.3 Å². The number of likely N-dealkylation sites (tertiary alicyclic amines) is 1. The Morgan fingerprint density at radius 2 is 1.81 bits per heavy atom. The summed E-state index contributed by atoms with van der Waals surface area (Å²) in [5, 5.41) is 23.7. The van der Waals surface area contributed by atoms with Crippen molar-refractivity contribution in [3.8, 4) is 22.9 Å². The third kappa shape index (κ3) is 6.56. The first-order valence-electron chi connectivity index (χ1n) is 18.9. The molecule has 3 atom stereocenters. The van der Waals surface area contributed by atoms with Crippen LogP contribution in [0.15, 0.2) is 54.7 Å². The second kappa shape index (κ2) is 14.3. The predicted octanol–water partition coefficient (Wildman–Crippen LogP) is 4.75. The van der Waals surface area contributed by atoms with Crippen LogP contribution in [0.25, 0.3) is 11.3 Å². The van der Waals surface area contributed by atoms with Crippen LogP contribution in [0.3, 0.4) is 0 Å². The number of hydrogen-bond acceptors (Lipinski definition) is 11. The summed E-state index contributed by atoms with van der Waals surface area (Å²) >= 11 is 0. The zero-order chi connectivity index (χ0) is 39.6. The van der Waals surface area contributed by atoms with E-state index in [0.717, 1.165) is 43.1 Å². The Bertz CT molecular complexity index is 2290. The number of pyridine rings is 1. The molecule has 2 aromatic carbocycles. The number of aromatic nitrogens is 3. The standard InChI is InChI=1S/C40H38F4N8O5/c41-28-3-1-2-26(34(28)54)30-14-32-35(49-48-30)46-20-40(39(43)44)15-25(19-52(32)40)57-37-29(42)12-21(16-45-37)17-50-10-8-22(9-11-50)23-4-5-24-18-51(38(56)27(24)13-23)31-6-7-33(53)47-36(31)55/h1-5,12-14,16,22,25,31,39,54H,6-11,15,17-20H2,(H,46,49)(H,47,53,55)/t25-,31?,40-/m1/s1. The lowest BCUT2D eigenvalue weighted by Gasteiger charge is -2.43. The smallest absolute Gasteiger partial charge is 0.263 e. The number of carbonyl (C=O) groups is 3. The van der Waals surface area contributed by atoms with Crippen LogP contribution in [0.5, 0.6) is 11.6 Å². The minimum absolute atomic E-state index is 0.0342. The quantitative estimate of drug-likeness (QED) is 0.168. The van der Waals surface area contributed by atoms with E-state index in [2.05, 4.69) is 30.7 Å². The third-order valence-electron chi connectivity index (χ3n) is 12.0. The van der Waals surface area contributed by atoms with E-state index in [-0.39, 0.29) is 72.3 Å². The summed E-state index contributed by atoms with van der Waals surface area (Å²) < 4.78 is 65.3. The SMILES string of the molecule is O=C1CCC(N2Cc3ccc(C4CCN(Cc5cnc(O[C@H]6CN7c8cc(-c9cccc(F)c9O)nnc8NC[C@@]7(C(F)F)C6)c(F)c5)CC4)cc3C2=O)C(=O)N1. The molecule has 3 saturated heterocycles. The normalized spacial score (nSPS) is 23.6. The molecule has 1 unspecified atom stereocenters. The number of imide groups is 1. The molecule has 17 heteroatoms. The largest absolute Gasteiger partial charge is 0.504 e. The van der Waals surface area contributed by atoms with Crippen molar-refractivity contribution in [1.29, 1.82) is 0 Å². The molecule has 0 aliphatic carbocycles. The van der Waals surface area contributed by atoms with Gasteiger partial charge in [-0.1, -0.05) is 18.2 Å². The second-order valence-electron chi connectivity index (χ2n) is 15.4. The van der Waals surface area contributed by atoms with Gasteiger partial charge in [0.2, 0.25) is 11.8 Å². The second-order valence-corrected chi connectivity index (χ2v) is 15.4. The number of fused-ring (bicyclic) bond motifs is 4. The number of piperidine rings is 2. The van der Waals surface area contributed by atoms with E-state index < -0.39 is 47.4 Å². The first-order chi connectivity index (χ1) is 27.5. The van der Waals surface area contributed by atoms with Gasteiger partial charge in [-0.3, -0.25) is 24.6 Å². The Kier molecular flexibility index (Phi) is 9.21. The number of alkyl halides is 2. The van der Waals surface area contributed by atoms with Gasteiger partial charge in [-0.2, -0.15) is 0 Å². The highest BCUT2D eigenvalue weighted by atomic mass is 19.3. The zero-order valence-corrected chi connectivity index (χ0v) is 30.6. The lowest BCUT2D eigenvalue weighted by molar-refractivity contribution is -0.136. The van der Waals surface area contributed by atoms with Gasteiger partial charge in [0.15, 0.2) is 23.2 Å². The molecule has 0 saturated carbocycles. The van der Waals surface area contributed by atoms with Crippen LogP contribution in [0, 0.1) is 11.6 Å². The van der Waals surface area contributed by atoms with Crippen molar-refractivity contribution in [2.45, 2.75) is 75.2 Å². The number of phenolic OH excluding ortho intramolecular Hbond substituents is 1. The molecule has 4 aromatic rings. The number of amides is 3. The topological polar surface area (TPSA) is 153 Å². The minimum Gasteiger partial charge on any atom is -0.504 e. The first kappa shape index (κ1) is 36.8. The fourth-order valence-corrected chi connectivity index (χ4v) is 8.93. The number of nitrogens with zero attached hydrogens (tertiary/aromatic N) is 6. The Hall–Kier alpha value is -5.84. The summed E-state index contributed by atoms with van der Waals surface area (Å²) in [6, 6.07) is 12.0. The van der Waals surface area contributed by atoms with Crippen molar-refractivity contribution < 1.29 is 41.8 Å². The lowest BCUT2D eigenvalue weighted by atomic mass is 9.87. The first-order valence-corrected chi connectivity index (χ1v) is 18.9. The van der Waals surface area contributed by atoms with E-state index in [1.54, 1.807) is 4.90 Å². The van der Waals surface area contributed by atoms with Crippen LogP contribution >= 0.6 is 0 Å². The number of benzene rings is 2. The van der Waals surface area contributed by atoms with Gasteiger partial charge in [-0.25, -0.2) is 22.5 Å². The van der Waals surface area contributed by atoms with Crippen LogP contribution in [0.4, 0.5) is 29.1 Å². The predicted molar refractivity (Wildman–Crippen MR) is 197 cm³/mol. The molecule has 9 rings (SSSR count). The summed E-state index contributed by atoms with van der Waals surface area (Å²) in [6.07, 6.45) is -0.144. The van der Waals surface area contributed by atoms with Crippen LogP contribution in [-0.4, -0.2) is 98.1 Å². The van der Waals surface area contributed by atoms with Gasteiger partial charge in [0.25, 0.3) is 18.2 Å². The van der Waals surface area contributed by atoms with Gasteiger partial charge >= 0.3 is 0 Å². The number of halogens is 4. The number of hydrogen-bond donors (Lipinski definition) is 3. The van der Waals surface area contributed by atoms with Crippen molar-refractivity contribution >= 4 is 29.2 Å². The number of phenols is 1. The van der Waals surface area contributed by atoms with E-state index >= 15 is 4.39 Å². The van der Waals surface area contributed by atoms with Crippen LogP contribution in [-0.2, 0) is 22.7 Å². The van der Waals surface area contributed by atoms with Crippen molar-refractivity contribution in [3.63, 3.8) is 0 Å². The number of para-hydroxylation sites is 1. The zero-order valence-electron chi connectivity index (χ0n) is 30.6. The Morgan fingerprint density at radius 1 is 0.982 bits per heavy atom. The minimum atomic E-state index is -2.82. The maximum Gasteiger partial charge on any atom is 0.263 e. The highest BCUT2D eigenvalue weighted by molar-refractivity contribution is 6.05. The molecule has 296 valence electrons. The van der Waals surface area contributed by atoms with Crippen LogP contribution in [0.2, 0.25) is 0 Å². The Balaban J connectivity index is 0.828. The Labute approximate surface area is 324 Å². The van der Waals surface area contributed by atoms with Gasteiger partial charge in [0, 0.05) is 49.8 Å². The van der Waals surface area contributed by atoms with Gasteiger partial charge in [0.05, 0.1) is 17.9 Å². The van der Waals surface area contributed by atoms with E-state index in [1.807, 2.05) is 18.2 Å². The van der Waals surface area contributed by atoms with E-state index in [4.69, 9.17) is 4.74 Å². The van der Waals surface area contributed by atoms with Crippen LogP contribution in [0.1, 0.15) is 65.1 Å². The average molecular weight is 787 g/mol. The fraction of sp³-hybridized carbons (Fsp3) is 0.400. The molecule has 2 aromatic heterocycles. The summed E-state index contributed by atoms with van der Waals surface area (Å²) in [4.78, 5) is 46.8. The van der Waals surface area contributed by atoms with Gasteiger partial charge in [-0.05, 0) is 85.3 Å². The number of ether oxygens (including phenoxy) is 1. The highest BCUT2D eigenvalue weighted by Gasteiger charge is 2.56.